The Morgan fingerprint density at radius 1 is 1.05 bits per heavy atom. The molecule has 3 aromatic carbocycles. The molecule has 12 heteroatoms. The van der Waals surface area contributed by atoms with Crippen LogP contribution in [0.2, 0.25) is 5.02 Å². The first-order chi connectivity index (χ1) is 19.5. The Bertz CT molecular complexity index is 1730. The molecule has 4 aromatic rings. The summed E-state index contributed by atoms with van der Waals surface area (Å²) in [6.07, 6.45) is 1.60. The lowest BCUT2D eigenvalue weighted by Gasteiger charge is -2.22. The van der Waals surface area contributed by atoms with Gasteiger partial charge in [-0.15, -0.1) is 0 Å². The highest BCUT2D eigenvalue weighted by Gasteiger charge is 2.24. The van der Waals surface area contributed by atoms with Crippen LogP contribution >= 0.6 is 11.6 Å². The molecule has 41 heavy (non-hydrogen) atoms. The number of carbonyl (C=O) groups excluding carboxylic acids is 2. The smallest absolute Gasteiger partial charge is 0.247 e. The van der Waals surface area contributed by atoms with Crippen LogP contribution in [0, 0.1) is 0 Å². The number of halogens is 1. The van der Waals surface area contributed by atoms with Crippen LogP contribution < -0.4 is 26.4 Å². The van der Waals surface area contributed by atoms with Gasteiger partial charge in [0.1, 0.15) is 17.6 Å². The third-order valence-corrected chi connectivity index (χ3v) is 8.57. The van der Waals surface area contributed by atoms with E-state index in [1.807, 2.05) is 18.2 Å². The minimum absolute atomic E-state index is 0.0767. The van der Waals surface area contributed by atoms with Gasteiger partial charge in [0.2, 0.25) is 11.8 Å². The molecule has 2 amide bonds. The van der Waals surface area contributed by atoms with Crippen molar-refractivity contribution in [2.24, 2.45) is 0 Å². The average molecular weight is 596 g/mol. The number of ether oxygens (including phenoxy) is 1. The van der Waals surface area contributed by atoms with Crippen LogP contribution in [0.1, 0.15) is 31.0 Å². The number of aromatic nitrogens is 1. The number of nitrogens with zero attached hydrogens (tertiary/aromatic N) is 1. The SMILES string of the molecule is CCS(=O)(=O)c1ccc(NC(C)=O)cc1CNC(=O)C(Nc1ccc2c(N)nccc2c1)c1ccc(Cl)c(OC)c1. The zero-order chi connectivity index (χ0) is 29.7. The second-order valence-electron chi connectivity index (χ2n) is 9.23. The van der Waals surface area contributed by atoms with E-state index in [2.05, 4.69) is 20.9 Å². The van der Waals surface area contributed by atoms with Gasteiger partial charge in [-0.05, 0) is 71.1 Å². The first-order valence-electron chi connectivity index (χ1n) is 12.7. The predicted octanol–water partition coefficient (Wildman–Crippen LogP) is 4.70. The largest absolute Gasteiger partial charge is 0.495 e. The molecule has 0 aliphatic rings. The van der Waals surface area contributed by atoms with Gasteiger partial charge >= 0.3 is 0 Å². The van der Waals surface area contributed by atoms with Crippen molar-refractivity contribution < 1.29 is 22.7 Å². The Hall–Kier alpha value is -4.35. The molecule has 0 fully saturated rings. The number of carbonyl (C=O) groups is 2. The van der Waals surface area contributed by atoms with Crippen molar-refractivity contribution in [3.8, 4) is 5.75 Å². The molecular weight excluding hydrogens is 566 g/mol. The van der Waals surface area contributed by atoms with Gasteiger partial charge in [-0.25, -0.2) is 13.4 Å². The van der Waals surface area contributed by atoms with Crippen molar-refractivity contribution in [3.63, 3.8) is 0 Å². The summed E-state index contributed by atoms with van der Waals surface area (Å²) in [4.78, 5) is 29.5. The molecule has 4 rings (SSSR count). The van der Waals surface area contributed by atoms with Crippen LogP contribution in [0.5, 0.6) is 5.75 Å². The first kappa shape index (κ1) is 29.6. The number of rotatable bonds is 10. The lowest BCUT2D eigenvalue weighted by atomic mass is 10.0. The fourth-order valence-corrected chi connectivity index (χ4v) is 5.67. The van der Waals surface area contributed by atoms with Crippen molar-refractivity contribution in [2.75, 3.05) is 29.2 Å². The van der Waals surface area contributed by atoms with Crippen LogP contribution in [0.25, 0.3) is 10.8 Å². The fourth-order valence-electron chi connectivity index (χ4n) is 4.36. The molecule has 0 saturated heterocycles. The van der Waals surface area contributed by atoms with E-state index >= 15 is 0 Å². The van der Waals surface area contributed by atoms with E-state index in [4.69, 9.17) is 22.1 Å². The number of amides is 2. The highest BCUT2D eigenvalue weighted by atomic mass is 35.5. The zero-order valence-electron chi connectivity index (χ0n) is 22.7. The second kappa shape index (κ2) is 12.4. The third-order valence-electron chi connectivity index (χ3n) is 6.43. The quantitative estimate of drug-likeness (QED) is 0.206. The molecule has 214 valence electrons. The van der Waals surface area contributed by atoms with Crippen molar-refractivity contribution in [3.05, 3.63) is 83.0 Å². The molecule has 0 aliphatic heterocycles. The Balaban J connectivity index is 1.69. The van der Waals surface area contributed by atoms with Gasteiger partial charge in [0.05, 0.1) is 22.8 Å². The third kappa shape index (κ3) is 6.87. The number of pyridine rings is 1. The lowest BCUT2D eigenvalue weighted by Crippen LogP contribution is -2.33. The molecule has 0 bridgehead atoms. The first-order valence-corrected chi connectivity index (χ1v) is 14.7. The van der Waals surface area contributed by atoms with Crippen LogP contribution in [-0.4, -0.2) is 38.1 Å². The fraction of sp³-hybridized carbons (Fsp3) is 0.207. The number of benzene rings is 3. The standard InChI is InChI=1S/C29H30ClN5O5S/c1-4-41(38,39)26-10-7-21(34-17(2)36)14-20(26)16-33-29(37)27(19-5-9-24(30)25(15-19)40-3)35-22-6-8-23-18(13-22)11-12-32-28(23)31/h5-15,27,35H,4,16H2,1-3H3,(H2,31,32)(H,33,37)(H,34,36). The Morgan fingerprint density at radius 3 is 2.51 bits per heavy atom. The van der Waals surface area contributed by atoms with Gasteiger partial charge in [0, 0.05) is 36.4 Å². The summed E-state index contributed by atoms with van der Waals surface area (Å²) in [5, 5.41) is 10.7. The maximum atomic E-state index is 13.7. The molecule has 0 aliphatic carbocycles. The van der Waals surface area contributed by atoms with Crippen LogP contribution in [-0.2, 0) is 26.0 Å². The van der Waals surface area contributed by atoms with Crippen LogP contribution in [0.3, 0.4) is 0 Å². The molecule has 1 atom stereocenters. The number of nitrogen functional groups attached to an aromatic ring is 1. The summed E-state index contributed by atoms with van der Waals surface area (Å²) in [5.74, 6) is -0.0801. The molecule has 0 saturated carbocycles. The molecular formula is C29H30ClN5O5S. The molecule has 1 aromatic heterocycles. The van der Waals surface area contributed by atoms with Crippen molar-refractivity contribution in [1.29, 1.82) is 0 Å². The summed E-state index contributed by atoms with van der Waals surface area (Å²) in [6.45, 7) is 2.79. The highest BCUT2D eigenvalue weighted by Crippen LogP contribution is 2.31. The van der Waals surface area contributed by atoms with Crippen molar-refractivity contribution in [1.82, 2.24) is 10.3 Å². The van der Waals surface area contributed by atoms with Gasteiger partial charge in [-0.3, -0.25) is 9.59 Å². The van der Waals surface area contributed by atoms with Gasteiger partial charge < -0.3 is 26.4 Å². The van der Waals surface area contributed by atoms with Gasteiger partial charge in [0.25, 0.3) is 0 Å². The summed E-state index contributed by atoms with van der Waals surface area (Å²) >= 11 is 6.24. The van der Waals surface area contributed by atoms with E-state index in [-0.39, 0.29) is 23.1 Å². The number of hydrogen-bond acceptors (Lipinski definition) is 8. The van der Waals surface area contributed by atoms with E-state index in [1.165, 1.54) is 26.2 Å². The average Bonchev–Trinajstić information content (AvgIpc) is 2.94. The molecule has 10 nitrogen and oxygen atoms in total. The number of methoxy groups -OCH3 is 1. The number of fused-ring (bicyclic) bond motifs is 1. The Morgan fingerprint density at radius 2 is 1.80 bits per heavy atom. The van der Waals surface area contributed by atoms with E-state index < -0.39 is 21.8 Å². The predicted molar refractivity (Wildman–Crippen MR) is 161 cm³/mol. The molecule has 0 spiro atoms. The van der Waals surface area contributed by atoms with Crippen LogP contribution in [0.15, 0.2) is 71.8 Å². The number of hydrogen-bond donors (Lipinski definition) is 4. The van der Waals surface area contributed by atoms with E-state index in [9.17, 15) is 18.0 Å². The van der Waals surface area contributed by atoms with E-state index in [0.717, 1.165) is 10.8 Å². The number of nitrogens with two attached hydrogens (primary N) is 1. The number of sulfone groups is 1. The maximum Gasteiger partial charge on any atom is 0.247 e. The summed E-state index contributed by atoms with van der Waals surface area (Å²) in [7, 11) is -2.13. The minimum Gasteiger partial charge on any atom is -0.495 e. The summed E-state index contributed by atoms with van der Waals surface area (Å²) in [5.41, 5.74) is 7.95. The topological polar surface area (TPSA) is 153 Å². The van der Waals surface area contributed by atoms with Crippen LogP contribution in [0.4, 0.5) is 17.2 Å². The van der Waals surface area contributed by atoms with Gasteiger partial charge in [-0.2, -0.15) is 0 Å². The normalized spacial score (nSPS) is 12.0. The molecule has 1 unspecified atom stereocenters. The number of nitrogens with one attached hydrogen (secondary N) is 3. The molecule has 5 N–H and O–H groups in total. The summed E-state index contributed by atoms with van der Waals surface area (Å²) in [6, 6.07) is 15.8. The Kier molecular flexibility index (Phi) is 8.99. The monoisotopic (exact) mass is 595 g/mol. The van der Waals surface area contributed by atoms with E-state index in [1.54, 1.807) is 43.5 Å². The van der Waals surface area contributed by atoms with Gasteiger partial charge in [-0.1, -0.05) is 24.6 Å². The highest BCUT2D eigenvalue weighted by molar-refractivity contribution is 7.91. The van der Waals surface area contributed by atoms with Crippen molar-refractivity contribution in [2.45, 2.75) is 31.3 Å². The lowest BCUT2D eigenvalue weighted by molar-refractivity contribution is -0.122. The maximum absolute atomic E-state index is 13.7. The molecule has 1 heterocycles. The zero-order valence-corrected chi connectivity index (χ0v) is 24.3. The number of anilines is 3. The Labute approximate surface area is 243 Å². The summed E-state index contributed by atoms with van der Waals surface area (Å²) < 4.78 is 30.9. The second-order valence-corrected chi connectivity index (χ2v) is 11.9. The minimum atomic E-state index is -3.61. The van der Waals surface area contributed by atoms with Gasteiger partial charge in [0.15, 0.2) is 9.84 Å². The van der Waals surface area contributed by atoms with E-state index in [0.29, 0.717) is 39.1 Å². The van der Waals surface area contributed by atoms with Crippen molar-refractivity contribution >= 4 is 61.2 Å². The molecule has 0 radical (unpaired) electrons.